The van der Waals surface area contributed by atoms with E-state index in [1.54, 1.807) is 26.0 Å². The maximum absolute atomic E-state index is 12.7. The molecule has 1 aromatic carbocycles. The molecule has 2 rings (SSSR count). The zero-order valence-corrected chi connectivity index (χ0v) is 15.7. The van der Waals surface area contributed by atoms with Crippen molar-refractivity contribution in [3.63, 3.8) is 0 Å². The minimum absolute atomic E-state index is 0.129. The highest BCUT2D eigenvalue weighted by atomic mass is 16.5. The van der Waals surface area contributed by atoms with Crippen molar-refractivity contribution in [2.24, 2.45) is 11.8 Å². The summed E-state index contributed by atoms with van der Waals surface area (Å²) < 4.78 is 10.2. The van der Waals surface area contributed by atoms with E-state index >= 15 is 0 Å². The molecule has 4 atom stereocenters. The van der Waals surface area contributed by atoms with Crippen LogP contribution in [-0.2, 0) is 23.9 Å². The zero-order chi connectivity index (χ0) is 19.5. The van der Waals surface area contributed by atoms with E-state index in [9.17, 15) is 19.5 Å². The molecule has 0 radical (unpaired) electrons. The highest BCUT2D eigenvalue weighted by molar-refractivity contribution is 6.02. The summed E-state index contributed by atoms with van der Waals surface area (Å²) in [6.45, 7) is 6.95. The normalized spacial score (nSPS) is 28.5. The van der Waals surface area contributed by atoms with Crippen LogP contribution in [0.25, 0.3) is 0 Å². The van der Waals surface area contributed by atoms with Crippen molar-refractivity contribution in [3.05, 3.63) is 35.4 Å². The van der Waals surface area contributed by atoms with Crippen LogP contribution in [0.4, 0.5) is 0 Å². The fourth-order valence-electron chi connectivity index (χ4n) is 3.67. The fraction of sp³-hybridized carbons (Fsp3) is 0.550. The van der Waals surface area contributed by atoms with Gasteiger partial charge in [-0.1, -0.05) is 29.8 Å². The number of carbonyl (C=O) groups is 3. The molecule has 1 fully saturated rings. The standard InChI is InChI=1S/C20H26O6/c1-5-25-18(22)16-14(21)11-20(4,24)17(19(23)26-6-2)15(16)13-9-7-12(3)8-10-13/h7-10,15-17,24H,5-6,11H2,1-4H3. The summed E-state index contributed by atoms with van der Waals surface area (Å²) in [6, 6.07) is 7.22. The summed E-state index contributed by atoms with van der Waals surface area (Å²) in [4.78, 5) is 37.9. The van der Waals surface area contributed by atoms with Gasteiger partial charge in [-0.05, 0) is 33.3 Å². The minimum atomic E-state index is -1.61. The van der Waals surface area contributed by atoms with E-state index in [-0.39, 0.29) is 19.6 Å². The van der Waals surface area contributed by atoms with Gasteiger partial charge in [0.1, 0.15) is 5.92 Å². The smallest absolute Gasteiger partial charge is 0.317 e. The molecule has 26 heavy (non-hydrogen) atoms. The van der Waals surface area contributed by atoms with Gasteiger partial charge in [-0.25, -0.2) is 0 Å². The predicted octanol–water partition coefficient (Wildman–Crippen LogP) is 2.16. The molecule has 142 valence electrons. The number of ketones is 1. The summed E-state index contributed by atoms with van der Waals surface area (Å²) in [7, 11) is 0. The lowest BCUT2D eigenvalue weighted by Crippen LogP contribution is -2.55. The number of hydrogen-bond donors (Lipinski definition) is 1. The Hall–Kier alpha value is -2.21. The van der Waals surface area contributed by atoms with Crippen LogP contribution < -0.4 is 0 Å². The number of ether oxygens (including phenoxy) is 2. The van der Waals surface area contributed by atoms with Gasteiger partial charge in [0.05, 0.1) is 24.7 Å². The third-order valence-electron chi connectivity index (χ3n) is 4.81. The summed E-state index contributed by atoms with van der Waals surface area (Å²) in [6.07, 6.45) is -0.303. The van der Waals surface area contributed by atoms with Crippen LogP contribution in [-0.4, -0.2) is 41.6 Å². The summed E-state index contributed by atoms with van der Waals surface area (Å²) >= 11 is 0. The van der Waals surface area contributed by atoms with Crippen LogP contribution >= 0.6 is 0 Å². The molecule has 0 spiro atoms. The predicted molar refractivity (Wildman–Crippen MR) is 94.4 cm³/mol. The van der Waals surface area contributed by atoms with Gasteiger partial charge in [-0.15, -0.1) is 0 Å². The third kappa shape index (κ3) is 3.96. The highest BCUT2D eigenvalue weighted by Crippen LogP contribution is 2.46. The largest absolute Gasteiger partial charge is 0.466 e. The first-order valence-electron chi connectivity index (χ1n) is 8.87. The lowest BCUT2D eigenvalue weighted by Gasteiger charge is -2.43. The van der Waals surface area contributed by atoms with Crippen LogP contribution in [0, 0.1) is 18.8 Å². The van der Waals surface area contributed by atoms with E-state index in [0.29, 0.717) is 5.56 Å². The van der Waals surface area contributed by atoms with Gasteiger partial charge in [0.25, 0.3) is 0 Å². The lowest BCUT2D eigenvalue weighted by atomic mass is 9.61. The molecule has 0 saturated heterocycles. The fourth-order valence-corrected chi connectivity index (χ4v) is 3.67. The lowest BCUT2D eigenvalue weighted by molar-refractivity contribution is -0.172. The van der Waals surface area contributed by atoms with Crippen molar-refractivity contribution in [1.82, 2.24) is 0 Å². The second-order valence-corrected chi connectivity index (χ2v) is 6.90. The van der Waals surface area contributed by atoms with Crippen molar-refractivity contribution in [2.75, 3.05) is 13.2 Å². The average molecular weight is 362 g/mol. The zero-order valence-electron chi connectivity index (χ0n) is 15.7. The number of Topliss-reactive ketones (excluding diaryl/α,β-unsaturated/α-hetero) is 1. The SMILES string of the molecule is CCOC(=O)C1C(=O)CC(C)(O)C(C(=O)OCC)C1c1ccc(C)cc1. The topological polar surface area (TPSA) is 89.9 Å². The number of aliphatic hydroxyl groups is 1. The van der Waals surface area contributed by atoms with Crippen molar-refractivity contribution >= 4 is 17.7 Å². The molecule has 0 aromatic heterocycles. The van der Waals surface area contributed by atoms with E-state index in [0.717, 1.165) is 5.56 Å². The molecule has 1 N–H and O–H groups in total. The summed E-state index contributed by atoms with van der Waals surface area (Å²) in [5.74, 6) is -4.76. The van der Waals surface area contributed by atoms with Crippen molar-refractivity contribution in [2.45, 2.75) is 45.6 Å². The van der Waals surface area contributed by atoms with Crippen LogP contribution in [0.15, 0.2) is 24.3 Å². The van der Waals surface area contributed by atoms with E-state index in [2.05, 4.69) is 0 Å². The molecule has 1 aliphatic rings. The van der Waals surface area contributed by atoms with Crippen molar-refractivity contribution in [3.8, 4) is 0 Å². The molecule has 0 amide bonds. The first-order valence-corrected chi connectivity index (χ1v) is 8.87. The summed E-state index contributed by atoms with van der Waals surface area (Å²) in [5, 5.41) is 10.8. The average Bonchev–Trinajstić information content (AvgIpc) is 2.54. The number of aryl methyl sites for hydroxylation is 1. The van der Waals surface area contributed by atoms with Gasteiger partial charge in [0, 0.05) is 12.3 Å². The Labute approximate surface area is 153 Å². The molecule has 0 heterocycles. The van der Waals surface area contributed by atoms with E-state index in [4.69, 9.17) is 9.47 Å². The minimum Gasteiger partial charge on any atom is -0.466 e. The first kappa shape index (κ1) is 20.1. The molecular weight excluding hydrogens is 336 g/mol. The monoisotopic (exact) mass is 362 g/mol. The van der Waals surface area contributed by atoms with Crippen LogP contribution in [0.3, 0.4) is 0 Å². The van der Waals surface area contributed by atoms with Gasteiger partial charge >= 0.3 is 11.9 Å². The van der Waals surface area contributed by atoms with Crippen LogP contribution in [0.2, 0.25) is 0 Å². The van der Waals surface area contributed by atoms with E-state index in [1.165, 1.54) is 6.92 Å². The maximum atomic E-state index is 12.7. The molecule has 1 aromatic rings. The maximum Gasteiger partial charge on any atom is 0.317 e. The second-order valence-electron chi connectivity index (χ2n) is 6.90. The molecule has 6 heteroatoms. The number of esters is 2. The van der Waals surface area contributed by atoms with Crippen LogP contribution in [0.5, 0.6) is 0 Å². The van der Waals surface area contributed by atoms with Gasteiger partial charge in [0.15, 0.2) is 5.78 Å². The van der Waals surface area contributed by atoms with E-state index in [1.807, 2.05) is 19.1 Å². The van der Waals surface area contributed by atoms with Crippen LogP contribution in [0.1, 0.15) is 44.2 Å². The quantitative estimate of drug-likeness (QED) is 0.638. The molecule has 1 saturated carbocycles. The summed E-state index contributed by atoms with van der Waals surface area (Å²) in [5.41, 5.74) is 0.0186. The Bertz CT molecular complexity index is 676. The van der Waals surface area contributed by atoms with Crippen molar-refractivity contribution < 1.29 is 29.0 Å². The highest BCUT2D eigenvalue weighted by Gasteiger charge is 2.57. The number of carbonyl (C=O) groups excluding carboxylic acids is 3. The first-order chi connectivity index (χ1) is 12.2. The molecule has 1 aliphatic carbocycles. The second kappa shape index (κ2) is 7.99. The van der Waals surface area contributed by atoms with Gasteiger partial charge in [-0.2, -0.15) is 0 Å². The Morgan fingerprint density at radius 3 is 2.19 bits per heavy atom. The Balaban J connectivity index is 2.59. The molecule has 4 unspecified atom stereocenters. The van der Waals surface area contributed by atoms with Gasteiger partial charge in [0.2, 0.25) is 0 Å². The molecule has 0 aliphatic heterocycles. The van der Waals surface area contributed by atoms with E-state index < -0.39 is 41.1 Å². The Kier molecular flexibility index (Phi) is 6.18. The number of rotatable bonds is 5. The Morgan fingerprint density at radius 2 is 1.65 bits per heavy atom. The number of hydrogen-bond acceptors (Lipinski definition) is 6. The molecular formula is C20H26O6. The molecule has 6 nitrogen and oxygen atoms in total. The molecule has 0 bridgehead atoms. The Morgan fingerprint density at radius 1 is 1.12 bits per heavy atom. The van der Waals surface area contributed by atoms with Crippen molar-refractivity contribution in [1.29, 1.82) is 0 Å². The van der Waals surface area contributed by atoms with Gasteiger partial charge < -0.3 is 14.6 Å². The van der Waals surface area contributed by atoms with Gasteiger partial charge in [-0.3, -0.25) is 14.4 Å². The third-order valence-corrected chi connectivity index (χ3v) is 4.81. The number of benzene rings is 1.